The summed E-state index contributed by atoms with van der Waals surface area (Å²) in [5.74, 6) is -0.626. The van der Waals surface area contributed by atoms with Gasteiger partial charge < -0.3 is 15.2 Å². The van der Waals surface area contributed by atoms with Crippen LogP contribution in [0.1, 0.15) is 36.0 Å². The average molecular weight is 277 g/mol. The van der Waals surface area contributed by atoms with Crippen molar-refractivity contribution >= 4 is 11.9 Å². The van der Waals surface area contributed by atoms with Crippen LogP contribution in [0.2, 0.25) is 0 Å². The molecular weight excluding hydrogens is 258 g/mol. The van der Waals surface area contributed by atoms with Gasteiger partial charge in [0.1, 0.15) is 5.75 Å². The highest BCUT2D eigenvalue weighted by Gasteiger charge is 2.27. The number of carboxylic acids is 1. The Hall–Kier alpha value is -2.04. The van der Waals surface area contributed by atoms with E-state index in [0.29, 0.717) is 37.0 Å². The Bertz CT molecular complexity index is 492. The molecule has 0 aromatic heterocycles. The number of methoxy groups -OCH3 is 1. The highest BCUT2D eigenvalue weighted by molar-refractivity contribution is 5.97. The molecule has 1 aliphatic rings. The minimum Gasteiger partial charge on any atom is -0.496 e. The number of para-hydroxylation sites is 1. The molecule has 1 aliphatic carbocycles. The molecule has 1 amide bonds. The minimum atomic E-state index is -0.737. The summed E-state index contributed by atoms with van der Waals surface area (Å²) in [5.41, 5.74) is 0.510. The lowest BCUT2D eigenvalue weighted by atomic mass is 9.86. The zero-order valence-electron chi connectivity index (χ0n) is 11.5. The van der Waals surface area contributed by atoms with Crippen LogP contribution in [0.5, 0.6) is 5.75 Å². The van der Waals surface area contributed by atoms with Gasteiger partial charge in [-0.15, -0.1) is 0 Å². The highest BCUT2D eigenvalue weighted by Crippen LogP contribution is 2.25. The number of rotatable bonds is 4. The highest BCUT2D eigenvalue weighted by atomic mass is 16.5. The number of ether oxygens (including phenoxy) is 1. The number of amides is 1. The molecule has 0 atom stereocenters. The third kappa shape index (κ3) is 3.29. The summed E-state index contributed by atoms with van der Waals surface area (Å²) < 4.78 is 5.17. The molecule has 0 bridgehead atoms. The molecule has 2 rings (SSSR count). The summed E-state index contributed by atoms with van der Waals surface area (Å²) in [5, 5.41) is 11.9. The molecule has 1 fully saturated rings. The lowest BCUT2D eigenvalue weighted by molar-refractivity contribution is -0.142. The second-order valence-corrected chi connectivity index (χ2v) is 5.06. The van der Waals surface area contributed by atoms with Crippen LogP contribution in [-0.2, 0) is 4.79 Å². The molecule has 20 heavy (non-hydrogen) atoms. The van der Waals surface area contributed by atoms with E-state index in [4.69, 9.17) is 9.84 Å². The number of hydrogen-bond acceptors (Lipinski definition) is 3. The maximum Gasteiger partial charge on any atom is 0.306 e. The van der Waals surface area contributed by atoms with Gasteiger partial charge in [0, 0.05) is 6.04 Å². The van der Waals surface area contributed by atoms with Crippen LogP contribution in [0.25, 0.3) is 0 Å². The molecule has 0 radical (unpaired) electrons. The van der Waals surface area contributed by atoms with Crippen molar-refractivity contribution in [2.24, 2.45) is 5.92 Å². The van der Waals surface area contributed by atoms with Crippen LogP contribution in [0.3, 0.4) is 0 Å². The van der Waals surface area contributed by atoms with Gasteiger partial charge in [0.25, 0.3) is 5.91 Å². The van der Waals surface area contributed by atoms with Gasteiger partial charge in [-0.2, -0.15) is 0 Å². The fourth-order valence-electron chi connectivity index (χ4n) is 2.58. The molecular formula is C15H19NO4. The van der Waals surface area contributed by atoms with Crippen LogP contribution in [-0.4, -0.2) is 30.1 Å². The maximum absolute atomic E-state index is 12.2. The molecule has 1 aromatic rings. The summed E-state index contributed by atoms with van der Waals surface area (Å²) in [6.45, 7) is 0. The second-order valence-electron chi connectivity index (χ2n) is 5.06. The van der Waals surface area contributed by atoms with E-state index in [9.17, 15) is 9.59 Å². The standard InChI is InChI=1S/C15H19NO4/c1-20-13-5-3-2-4-12(13)14(17)16-11-8-6-10(7-9-11)15(18)19/h2-5,10-11H,6-9H2,1H3,(H,16,17)(H,18,19). The van der Waals surface area contributed by atoms with Gasteiger partial charge >= 0.3 is 5.97 Å². The Labute approximate surface area is 117 Å². The number of carbonyl (C=O) groups excluding carboxylic acids is 1. The van der Waals surface area contributed by atoms with Crippen LogP contribution >= 0.6 is 0 Å². The number of aliphatic carboxylic acids is 1. The Kier molecular flexibility index (Phi) is 4.61. The molecule has 0 heterocycles. The van der Waals surface area contributed by atoms with E-state index in [-0.39, 0.29) is 17.9 Å². The van der Waals surface area contributed by atoms with Crippen molar-refractivity contribution in [1.29, 1.82) is 0 Å². The first-order valence-corrected chi connectivity index (χ1v) is 6.78. The molecule has 0 aliphatic heterocycles. The first kappa shape index (κ1) is 14.4. The van der Waals surface area contributed by atoms with Crippen LogP contribution in [0, 0.1) is 5.92 Å². The first-order valence-electron chi connectivity index (χ1n) is 6.78. The largest absolute Gasteiger partial charge is 0.496 e. The molecule has 0 saturated heterocycles. The second kappa shape index (κ2) is 6.41. The monoisotopic (exact) mass is 277 g/mol. The SMILES string of the molecule is COc1ccccc1C(=O)NC1CCC(C(=O)O)CC1. The summed E-state index contributed by atoms with van der Waals surface area (Å²) >= 11 is 0. The molecule has 0 spiro atoms. The van der Waals surface area contributed by atoms with Crippen molar-refractivity contribution in [3.8, 4) is 5.75 Å². The Morgan fingerprint density at radius 3 is 2.45 bits per heavy atom. The molecule has 108 valence electrons. The molecule has 0 unspecified atom stereocenters. The van der Waals surface area contributed by atoms with Gasteiger partial charge in [-0.05, 0) is 37.8 Å². The Morgan fingerprint density at radius 1 is 1.20 bits per heavy atom. The average Bonchev–Trinajstić information content (AvgIpc) is 2.47. The number of benzene rings is 1. The van der Waals surface area contributed by atoms with Gasteiger partial charge in [0.05, 0.1) is 18.6 Å². The third-order valence-electron chi connectivity index (χ3n) is 3.76. The van der Waals surface area contributed by atoms with E-state index in [1.54, 1.807) is 18.2 Å². The fraction of sp³-hybridized carbons (Fsp3) is 0.467. The summed E-state index contributed by atoms with van der Waals surface area (Å²) in [7, 11) is 1.53. The lowest BCUT2D eigenvalue weighted by Gasteiger charge is -2.27. The van der Waals surface area contributed by atoms with E-state index in [1.165, 1.54) is 7.11 Å². The van der Waals surface area contributed by atoms with Gasteiger partial charge in [0.15, 0.2) is 0 Å². The zero-order valence-corrected chi connectivity index (χ0v) is 11.5. The van der Waals surface area contributed by atoms with Crippen molar-refractivity contribution in [2.75, 3.05) is 7.11 Å². The predicted octanol–water partition coefficient (Wildman–Crippen LogP) is 2.07. The smallest absolute Gasteiger partial charge is 0.306 e. The predicted molar refractivity (Wildman–Crippen MR) is 73.8 cm³/mol. The third-order valence-corrected chi connectivity index (χ3v) is 3.76. The number of hydrogen-bond donors (Lipinski definition) is 2. The molecule has 5 nitrogen and oxygen atoms in total. The number of carboxylic acid groups (broad SMARTS) is 1. The first-order chi connectivity index (χ1) is 9.61. The van der Waals surface area contributed by atoms with Crippen LogP contribution in [0.15, 0.2) is 24.3 Å². The number of nitrogens with one attached hydrogen (secondary N) is 1. The Balaban J connectivity index is 1.94. The van der Waals surface area contributed by atoms with Crippen molar-refractivity contribution in [3.05, 3.63) is 29.8 Å². The summed E-state index contributed by atoms with van der Waals surface area (Å²) in [6, 6.07) is 7.11. The lowest BCUT2D eigenvalue weighted by Crippen LogP contribution is -2.38. The topological polar surface area (TPSA) is 75.6 Å². The van der Waals surface area contributed by atoms with E-state index >= 15 is 0 Å². The van der Waals surface area contributed by atoms with E-state index < -0.39 is 5.97 Å². The molecule has 1 aromatic carbocycles. The quantitative estimate of drug-likeness (QED) is 0.883. The van der Waals surface area contributed by atoms with Gasteiger partial charge in [-0.3, -0.25) is 9.59 Å². The fourth-order valence-corrected chi connectivity index (χ4v) is 2.58. The number of carbonyl (C=O) groups is 2. The van der Waals surface area contributed by atoms with Gasteiger partial charge in [-0.1, -0.05) is 12.1 Å². The van der Waals surface area contributed by atoms with Crippen LogP contribution < -0.4 is 10.1 Å². The summed E-state index contributed by atoms with van der Waals surface area (Å²) in [6.07, 6.45) is 2.65. The zero-order chi connectivity index (χ0) is 14.5. The Morgan fingerprint density at radius 2 is 1.85 bits per heavy atom. The van der Waals surface area contributed by atoms with Gasteiger partial charge in [-0.25, -0.2) is 0 Å². The minimum absolute atomic E-state index is 0.0445. The molecule has 1 saturated carbocycles. The van der Waals surface area contributed by atoms with Crippen molar-refractivity contribution in [3.63, 3.8) is 0 Å². The molecule has 5 heteroatoms. The van der Waals surface area contributed by atoms with Gasteiger partial charge in [0.2, 0.25) is 0 Å². The summed E-state index contributed by atoms with van der Waals surface area (Å²) in [4.78, 5) is 23.1. The van der Waals surface area contributed by atoms with E-state index in [0.717, 1.165) is 0 Å². The molecule has 2 N–H and O–H groups in total. The normalized spacial score (nSPS) is 22.1. The van der Waals surface area contributed by atoms with Crippen molar-refractivity contribution < 1.29 is 19.4 Å². The van der Waals surface area contributed by atoms with E-state index in [2.05, 4.69) is 5.32 Å². The van der Waals surface area contributed by atoms with Crippen molar-refractivity contribution in [2.45, 2.75) is 31.7 Å². The van der Waals surface area contributed by atoms with E-state index in [1.807, 2.05) is 6.07 Å². The maximum atomic E-state index is 12.2. The van der Waals surface area contributed by atoms with Crippen LogP contribution in [0.4, 0.5) is 0 Å². The van der Waals surface area contributed by atoms with Crippen molar-refractivity contribution in [1.82, 2.24) is 5.32 Å².